The van der Waals surface area contributed by atoms with Crippen LogP contribution in [0.3, 0.4) is 0 Å². The van der Waals surface area contributed by atoms with Gasteiger partial charge in [0.2, 0.25) is 0 Å². The largest absolute Gasteiger partial charge is 0.488 e. The summed E-state index contributed by atoms with van der Waals surface area (Å²) in [4.78, 5) is 11.7. The van der Waals surface area contributed by atoms with Gasteiger partial charge < -0.3 is 4.74 Å². The van der Waals surface area contributed by atoms with Crippen molar-refractivity contribution in [2.75, 3.05) is 0 Å². The molecule has 2 aromatic carbocycles. The molecule has 0 saturated carbocycles. The van der Waals surface area contributed by atoms with Crippen LogP contribution in [-0.2, 0) is 6.61 Å². The van der Waals surface area contributed by atoms with Crippen molar-refractivity contribution in [1.82, 2.24) is 5.43 Å². The van der Waals surface area contributed by atoms with Gasteiger partial charge in [-0.2, -0.15) is 0 Å². The summed E-state index contributed by atoms with van der Waals surface area (Å²) in [7, 11) is 0. The first kappa shape index (κ1) is 15.1. The maximum absolute atomic E-state index is 11.7. The summed E-state index contributed by atoms with van der Waals surface area (Å²) < 4.78 is 5.92. The number of hydrogen-bond donors (Lipinski definition) is 2. The third kappa shape index (κ3) is 3.41. The minimum absolute atomic E-state index is 0.313. The van der Waals surface area contributed by atoms with Gasteiger partial charge in [0.1, 0.15) is 12.4 Å². The first-order chi connectivity index (χ1) is 10.0. The average molecular weight is 284 g/mol. The maximum atomic E-state index is 11.7. The summed E-state index contributed by atoms with van der Waals surface area (Å²) in [5.74, 6) is 5.76. The summed E-state index contributed by atoms with van der Waals surface area (Å²) in [6.45, 7) is 6.43. The second kappa shape index (κ2) is 6.41. The van der Waals surface area contributed by atoms with Gasteiger partial charge in [0, 0.05) is 11.1 Å². The number of amides is 1. The van der Waals surface area contributed by atoms with Crippen LogP contribution in [0.1, 0.15) is 32.6 Å². The van der Waals surface area contributed by atoms with Crippen LogP contribution in [-0.4, -0.2) is 5.91 Å². The second-order valence-electron chi connectivity index (χ2n) is 5.15. The quantitative estimate of drug-likeness (QED) is 0.515. The molecule has 0 bridgehead atoms. The number of aryl methyl sites for hydroxylation is 3. The molecule has 3 N–H and O–H groups in total. The SMILES string of the molecule is Cc1cc(C)c(OCc2ccccc2C(=O)NN)c(C)c1. The van der Waals surface area contributed by atoms with Gasteiger partial charge >= 0.3 is 0 Å². The lowest BCUT2D eigenvalue weighted by atomic mass is 10.1. The zero-order chi connectivity index (χ0) is 15.4. The van der Waals surface area contributed by atoms with Gasteiger partial charge in [-0.25, -0.2) is 5.84 Å². The van der Waals surface area contributed by atoms with Crippen molar-refractivity contribution in [3.63, 3.8) is 0 Å². The molecule has 0 spiro atoms. The zero-order valence-corrected chi connectivity index (χ0v) is 12.6. The van der Waals surface area contributed by atoms with Gasteiger partial charge in [-0.15, -0.1) is 0 Å². The number of nitrogens with one attached hydrogen (secondary N) is 1. The Balaban J connectivity index is 2.23. The highest BCUT2D eigenvalue weighted by Crippen LogP contribution is 2.25. The van der Waals surface area contributed by atoms with E-state index in [4.69, 9.17) is 10.6 Å². The Morgan fingerprint density at radius 3 is 2.38 bits per heavy atom. The Labute approximate surface area is 124 Å². The molecule has 110 valence electrons. The molecule has 0 radical (unpaired) electrons. The molecule has 4 nitrogen and oxygen atoms in total. The van der Waals surface area contributed by atoms with E-state index in [9.17, 15) is 4.79 Å². The molecular weight excluding hydrogens is 264 g/mol. The standard InChI is InChI=1S/C17H20N2O2/c1-11-8-12(2)16(13(3)9-11)21-10-14-6-4-5-7-15(14)17(20)19-18/h4-9H,10,18H2,1-3H3,(H,19,20). The Morgan fingerprint density at radius 2 is 1.76 bits per heavy atom. The highest BCUT2D eigenvalue weighted by molar-refractivity contribution is 5.95. The number of hydrogen-bond acceptors (Lipinski definition) is 3. The van der Waals surface area contributed by atoms with Crippen LogP contribution >= 0.6 is 0 Å². The number of ether oxygens (including phenoxy) is 1. The fraction of sp³-hybridized carbons (Fsp3) is 0.235. The lowest BCUT2D eigenvalue weighted by Crippen LogP contribution is -2.30. The summed E-state index contributed by atoms with van der Waals surface area (Å²) in [6, 6.07) is 11.4. The normalized spacial score (nSPS) is 10.3. The number of carbonyl (C=O) groups excluding carboxylic acids is 1. The van der Waals surface area contributed by atoms with E-state index in [1.54, 1.807) is 12.1 Å². The lowest BCUT2D eigenvalue weighted by molar-refractivity contribution is 0.0951. The molecule has 0 aliphatic rings. The van der Waals surface area contributed by atoms with Crippen molar-refractivity contribution in [3.8, 4) is 5.75 Å². The molecule has 0 aliphatic heterocycles. The van der Waals surface area contributed by atoms with Gasteiger partial charge in [-0.05, 0) is 38.0 Å². The topological polar surface area (TPSA) is 64.3 Å². The van der Waals surface area contributed by atoms with Crippen molar-refractivity contribution in [2.24, 2.45) is 5.84 Å². The Kier molecular flexibility index (Phi) is 4.60. The maximum Gasteiger partial charge on any atom is 0.265 e. The fourth-order valence-electron chi connectivity index (χ4n) is 2.49. The Morgan fingerprint density at radius 1 is 1.14 bits per heavy atom. The molecule has 2 rings (SSSR count). The van der Waals surface area contributed by atoms with E-state index < -0.39 is 0 Å². The number of hydrazine groups is 1. The summed E-state index contributed by atoms with van der Waals surface area (Å²) in [6.07, 6.45) is 0. The second-order valence-corrected chi connectivity index (χ2v) is 5.15. The lowest BCUT2D eigenvalue weighted by Gasteiger charge is -2.14. The van der Waals surface area contributed by atoms with Crippen LogP contribution in [0.4, 0.5) is 0 Å². The number of carbonyl (C=O) groups is 1. The molecule has 21 heavy (non-hydrogen) atoms. The number of benzene rings is 2. The van der Waals surface area contributed by atoms with Crippen molar-refractivity contribution < 1.29 is 9.53 Å². The third-order valence-electron chi connectivity index (χ3n) is 3.37. The smallest absolute Gasteiger partial charge is 0.265 e. The van der Waals surface area contributed by atoms with E-state index in [2.05, 4.69) is 24.5 Å². The predicted octanol–water partition coefficient (Wildman–Crippen LogP) is 2.79. The van der Waals surface area contributed by atoms with Gasteiger partial charge in [-0.1, -0.05) is 35.9 Å². The summed E-state index contributed by atoms with van der Waals surface area (Å²) in [5, 5.41) is 0. The molecule has 0 aromatic heterocycles. The van der Waals surface area contributed by atoms with E-state index >= 15 is 0 Å². The monoisotopic (exact) mass is 284 g/mol. The van der Waals surface area contributed by atoms with Crippen LogP contribution in [0, 0.1) is 20.8 Å². The average Bonchev–Trinajstić information content (AvgIpc) is 2.45. The van der Waals surface area contributed by atoms with E-state index in [0.717, 1.165) is 22.4 Å². The van der Waals surface area contributed by atoms with Crippen LogP contribution in [0.5, 0.6) is 5.75 Å². The van der Waals surface area contributed by atoms with E-state index in [0.29, 0.717) is 12.2 Å². The first-order valence-electron chi connectivity index (χ1n) is 6.82. The van der Waals surface area contributed by atoms with Crippen LogP contribution in [0.15, 0.2) is 36.4 Å². The highest BCUT2D eigenvalue weighted by Gasteiger charge is 2.11. The fourth-order valence-corrected chi connectivity index (χ4v) is 2.49. The van der Waals surface area contributed by atoms with Gasteiger partial charge in [0.25, 0.3) is 5.91 Å². The molecule has 0 aliphatic carbocycles. The third-order valence-corrected chi connectivity index (χ3v) is 3.37. The van der Waals surface area contributed by atoms with E-state index in [1.165, 1.54) is 5.56 Å². The predicted molar refractivity (Wildman–Crippen MR) is 83.1 cm³/mol. The molecule has 0 heterocycles. The Hall–Kier alpha value is -2.33. The van der Waals surface area contributed by atoms with Crippen molar-refractivity contribution in [1.29, 1.82) is 0 Å². The highest BCUT2D eigenvalue weighted by atomic mass is 16.5. The summed E-state index contributed by atoms with van der Waals surface area (Å²) >= 11 is 0. The molecule has 0 saturated heterocycles. The van der Waals surface area contributed by atoms with E-state index in [1.807, 2.05) is 26.0 Å². The number of nitrogen functional groups attached to an aromatic ring is 1. The zero-order valence-electron chi connectivity index (χ0n) is 12.6. The minimum atomic E-state index is -0.313. The van der Waals surface area contributed by atoms with Crippen molar-refractivity contribution in [2.45, 2.75) is 27.4 Å². The van der Waals surface area contributed by atoms with Crippen molar-refractivity contribution >= 4 is 5.91 Å². The van der Waals surface area contributed by atoms with Crippen LogP contribution < -0.4 is 16.0 Å². The Bertz CT molecular complexity index is 643. The van der Waals surface area contributed by atoms with Crippen molar-refractivity contribution in [3.05, 3.63) is 64.2 Å². The molecule has 0 atom stereocenters. The number of nitrogens with two attached hydrogens (primary N) is 1. The molecular formula is C17H20N2O2. The molecule has 2 aromatic rings. The molecule has 4 heteroatoms. The minimum Gasteiger partial charge on any atom is -0.488 e. The molecule has 0 unspecified atom stereocenters. The number of rotatable bonds is 4. The van der Waals surface area contributed by atoms with Gasteiger partial charge in [0.05, 0.1) is 0 Å². The molecule has 0 fully saturated rings. The van der Waals surface area contributed by atoms with Crippen LogP contribution in [0.2, 0.25) is 0 Å². The first-order valence-corrected chi connectivity index (χ1v) is 6.82. The van der Waals surface area contributed by atoms with Gasteiger partial charge in [-0.3, -0.25) is 10.2 Å². The van der Waals surface area contributed by atoms with Gasteiger partial charge in [0.15, 0.2) is 0 Å². The molecule has 1 amide bonds. The van der Waals surface area contributed by atoms with E-state index in [-0.39, 0.29) is 5.91 Å². The van der Waals surface area contributed by atoms with Crippen LogP contribution in [0.25, 0.3) is 0 Å². The summed E-state index contributed by atoms with van der Waals surface area (Å²) in [5.41, 5.74) is 6.88.